The number of oxime groups is 2. The van der Waals surface area contributed by atoms with Crippen molar-refractivity contribution in [2.24, 2.45) is 10.3 Å². The zero-order valence-corrected chi connectivity index (χ0v) is 11.2. The Bertz CT molecular complexity index is 569. The number of halogens is 5. The topological polar surface area (TPSA) is 54.2 Å². The molecular formula is C11H7Cl2F3N2O2. The van der Waals surface area contributed by atoms with Crippen LogP contribution in [0.2, 0.25) is 10.0 Å². The Labute approximate surface area is 121 Å². The summed E-state index contributed by atoms with van der Waals surface area (Å²) in [4.78, 5) is 4.61. The van der Waals surface area contributed by atoms with E-state index in [-0.39, 0.29) is 21.3 Å². The minimum atomic E-state index is -4.75. The van der Waals surface area contributed by atoms with Gasteiger partial charge in [-0.05, 0) is 18.2 Å². The van der Waals surface area contributed by atoms with E-state index in [0.717, 1.165) is 18.3 Å². The molecule has 1 aromatic rings. The van der Waals surface area contributed by atoms with Gasteiger partial charge in [-0.1, -0.05) is 33.5 Å². The number of rotatable bonds is 2. The highest BCUT2D eigenvalue weighted by atomic mass is 35.5. The smallest absolute Gasteiger partial charge is 0.411 e. The molecule has 0 saturated heterocycles. The van der Waals surface area contributed by atoms with E-state index < -0.39 is 18.2 Å². The van der Waals surface area contributed by atoms with Gasteiger partial charge in [-0.3, -0.25) is 0 Å². The maximum atomic E-state index is 13.4. The maximum absolute atomic E-state index is 13.4. The Kier molecular flexibility index (Phi) is 3.84. The van der Waals surface area contributed by atoms with E-state index >= 15 is 0 Å². The molecule has 1 unspecified atom stereocenters. The van der Waals surface area contributed by atoms with Crippen LogP contribution in [0, 0.1) is 0 Å². The van der Waals surface area contributed by atoms with Crippen molar-refractivity contribution in [3.8, 4) is 0 Å². The summed E-state index contributed by atoms with van der Waals surface area (Å²) in [6.07, 6.45) is -4.62. The Balaban J connectivity index is 2.51. The lowest BCUT2D eigenvalue weighted by molar-refractivity contribution is -0.275. The predicted molar refractivity (Wildman–Crippen MR) is 67.6 cm³/mol. The average molecular weight is 327 g/mol. The van der Waals surface area contributed by atoms with Crippen LogP contribution >= 0.6 is 23.2 Å². The number of benzene rings is 1. The van der Waals surface area contributed by atoms with Crippen LogP contribution in [-0.2, 0) is 10.4 Å². The van der Waals surface area contributed by atoms with Crippen LogP contribution in [0.5, 0.6) is 0 Å². The third kappa shape index (κ3) is 2.55. The second-order valence-electron chi connectivity index (χ2n) is 4.08. The SMILES string of the molecule is ON=CC1=NOC(c2cc(Cl)cc(Cl)c2)(C(F)(F)F)C1. The summed E-state index contributed by atoms with van der Waals surface area (Å²) in [6, 6.07) is 3.52. The van der Waals surface area contributed by atoms with Crippen molar-refractivity contribution in [3.63, 3.8) is 0 Å². The summed E-state index contributed by atoms with van der Waals surface area (Å²) in [5.41, 5.74) is -3.12. The molecule has 0 bridgehead atoms. The van der Waals surface area contributed by atoms with E-state index in [2.05, 4.69) is 15.1 Å². The molecule has 0 aliphatic carbocycles. The Morgan fingerprint density at radius 1 is 1.30 bits per heavy atom. The molecule has 0 spiro atoms. The lowest BCUT2D eigenvalue weighted by Gasteiger charge is -2.29. The number of nitrogens with zero attached hydrogens (tertiary/aromatic N) is 2. The van der Waals surface area contributed by atoms with E-state index in [9.17, 15) is 13.2 Å². The van der Waals surface area contributed by atoms with Gasteiger partial charge in [0.2, 0.25) is 0 Å². The number of alkyl halides is 3. The molecule has 1 aliphatic rings. The standard InChI is InChI=1S/C11H7Cl2F3N2O2/c12-7-1-6(2-8(13)3-7)10(11(14,15)16)4-9(5-17-19)18-20-10/h1-3,5,19H,4H2. The van der Waals surface area contributed by atoms with Gasteiger partial charge < -0.3 is 10.0 Å². The predicted octanol–water partition coefficient (Wildman–Crippen LogP) is 3.99. The maximum Gasteiger partial charge on any atom is 0.435 e. The molecule has 1 heterocycles. The molecular weight excluding hydrogens is 320 g/mol. The second-order valence-corrected chi connectivity index (χ2v) is 4.95. The van der Waals surface area contributed by atoms with E-state index in [0.29, 0.717) is 0 Å². The van der Waals surface area contributed by atoms with Crippen LogP contribution in [0.15, 0.2) is 28.5 Å². The Hall–Kier alpha value is -1.47. The molecule has 1 aromatic carbocycles. The fraction of sp³-hybridized carbons (Fsp3) is 0.273. The molecule has 1 atom stereocenters. The highest BCUT2D eigenvalue weighted by molar-refractivity contribution is 6.34. The van der Waals surface area contributed by atoms with Gasteiger partial charge in [0.25, 0.3) is 5.60 Å². The summed E-state index contributed by atoms with van der Waals surface area (Å²) in [5, 5.41) is 14.4. The zero-order chi connectivity index (χ0) is 15.0. The van der Waals surface area contributed by atoms with Crippen molar-refractivity contribution in [1.82, 2.24) is 0 Å². The minimum Gasteiger partial charge on any atom is -0.411 e. The van der Waals surface area contributed by atoms with Crippen LogP contribution < -0.4 is 0 Å². The molecule has 0 radical (unpaired) electrons. The Morgan fingerprint density at radius 2 is 1.90 bits per heavy atom. The molecule has 20 heavy (non-hydrogen) atoms. The Morgan fingerprint density at radius 3 is 2.40 bits per heavy atom. The fourth-order valence-electron chi connectivity index (χ4n) is 1.85. The highest BCUT2D eigenvalue weighted by Crippen LogP contribution is 2.48. The zero-order valence-electron chi connectivity index (χ0n) is 9.66. The lowest BCUT2D eigenvalue weighted by Crippen LogP contribution is -2.42. The van der Waals surface area contributed by atoms with Crippen LogP contribution in [0.3, 0.4) is 0 Å². The van der Waals surface area contributed by atoms with E-state index in [4.69, 9.17) is 28.4 Å². The van der Waals surface area contributed by atoms with Crippen molar-refractivity contribution < 1.29 is 23.2 Å². The molecule has 1 N–H and O–H groups in total. The quantitative estimate of drug-likeness (QED) is 0.507. The molecule has 0 aromatic heterocycles. The summed E-state index contributed by atoms with van der Waals surface area (Å²) in [5.74, 6) is 0. The fourth-order valence-corrected chi connectivity index (χ4v) is 2.38. The van der Waals surface area contributed by atoms with Gasteiger partial charge in [-0.25, -0.2) is 0 Å². The van der Waals surface area contributed by atoms with Crippen molar-refractivity contribution in [1.29, 1.82) is 0 Å². The van der Waals surface area contributed by atoms with Gasteiger partial charge in [0.15, 0.2) is 0 Å². The third-order valence-corrected chi connectivity index (χ3v) is 3.18. The van der Waals surface area contributed by atoms with Gasteiger partial charge in [-0.15, -0.1) is 0 Å². The van der Waals surface area contributed by atoms with Crippen LogP contribution in [0.4, 0.5) is 13.2 Å². The monoisotopic (exact) mass is 326 g/mol. The van der Waals surface area contributed by atoms with Gasteiger partial charge in [0.1, 0.15) is 5.71 Å². The molecule has 1 aliphatic heterocycles. The first-order chi connectivity index (χ1) is 9.28. The molecule has 108 valence electrons. The summed E-state index contributed by atoms with van der Waals surface area (Å²) < 4.78 is 40.2. The summed E-state index contributed by atoms with van der Waals surface area (Å²) in [6.45, 7) is 0. The van der Waals surface area contributed by atoms with Crippen molar-refractivity contribution in [3.05, 3.63) is 33.8 Å². The van der Waals surface area contributed by atoms with Gasteiger partial charge in [-0.2, -0.15) is 13.2 Å². The number of hydrogen-bond acceptors (Lipinski definition) is 4. The second kappa shape index (κ2) is 5.14. The third-order valence-electron chi connectivity index (χ3n) is 2.74. The van der Waals surface area contributed by atoms with Gasteiger partial charge in [0, 0.05) is 15.6 Å². The molecule has 0 saturated carbocycles. The van der Waals surface area contributed by atoms with Crippen LogP contribution in [0.1, 0.15) is 12.0 Å². The summed E-state index contributed by atoms with van der Waals surface area (Å²) in [7, 11) is 0. The molecule has 4 nitrogen and oxygen atoms in total. The van der Waals surface area contributed by atoms with Crippen molar-refractivity contribution >= 4 is 35.1 Å². The minimum absolute atomic E-state index is 0.0454. The average Bonchev–Trinajstić information content (AvgIpc) is 2.73. The first kappa shape index (κ1) is 14.9. The first-order valence-electron chi connectivity index (χ1n) is 5.24. The van der Waals surface area contributed by atoms with E-state index in [1.807, 2.05) is 0 Å². The molecule has 9 heteroatoms. The number of hydrogen-bond donors (Lipinski definition) is 1. The van der Waals surface area contributed by atoms with E-state index in [1.165, 1.54) is 6.07 Å². The van der Waals surface area contributed by atoms with Crippen LogP contribution in [0.25, 0.3) is 0 Å². The molecule has 2 rings (SSSR count). The molecule has 0 amide bonds. The summed E-state index contributed by atoms with van der Waals surface area (Å²) >= 11 is 11.5. The largest absolute Gasteiger partial charge is 0.435 e. The van der Waals surface area contributed by atoms with Gasteiger partial charge in [0.05, 0.1) is 12.6 Å². The van der Waals surface area contributed by atoms with E-state index in [1.54, 1.807) is 0 Å². The van der Waals surface area contributed by atoms with Crippen molar-refractivity contribution in [2.75, 3.05) is 0 Å². The first-order valence-corrected chi connectivity index (χ1v) is 6.00. The normalized spacial score (nSPS) is 22.9. The van der Waals surface area contributed by atoms with Crippen LogP contribution in [-0.4, -0.2) is 23.3 Å². The lowest BCUT2D eigenvalue weighted by atomic mass is 9.88. The van der Waals surface area contributed by atoms with Gasteiger partial charge >= 0.3 is 6.18 Å². The highest BCUT2D eigenvalue weighted by Gasteiger charge is 2.62. The van der Waals surface area contributed by atoms with Crippen molar-refractivity contribution in [2.45, 2.75) is 18.2 Å². The molecule has 0 fully saturated rings.